The first-order valence-electron chi connectivity index (χ1n) is 14.9. The molecular weight excluding hydrogens is 553 g/mol. The van der Waals surface area contributed by atoms with E-state index in [-0.39, 0.29) is 18.6 Å². The zero-order chi connectivity index (χ0) is 29.4. The van der Waals surface area contributed by atoms with E-state index in [0.29, 0.717) is 4.88 Å². The normalized spacial score (nSPS) is 15.3. The number of aliphatic hydroxyl groups excluding tert-OH is 1. The van der Waals surface area contributed by atoms with E-state index in [1.54, 1.807) is 18.1 Å². The summed E-state index contributed by atoms with van der Waals surface area (Å²) < 4.78 is 0. The molecule has 6 heteroatoms. The molecule has 0 bridgehead atoms. The van der Waals surface area contributed by atoms with Crippen molar-refractivity contribution in [1.82, 2.24) is 10.3 Å². The minimum atomic E-state index is -1.37. The monoisotopic (exact) mass is 590 g/mol. The summed E-state index contributed by atoms with van der Waals surface area (Å²) >= 11 is 1.39. The first kappa shape index (κ1) is 28.5. The number of benzene rings is 3. The Balaban J connectivity index is 0.000000156. The van der Waals surface area contributed by atoms with Crippen molar-refractivity contribution < 1.29 is 9.90 Å². The molecule has 5 aromatic rings. The molecular formula is C36H38N2O2SSi. The van der Waals surface area contributed by atoms with Crippen LogP contribution in [-0.4, -0.2) is 36.7 Å². The molecule has 0 fully saturated rings. The number of rotatable bonds is 4. The van der Waals surface area contributed by atoms with Crippen molar-refractivity contribution in [3.05, 3.63) is 100 Å². The molecule has 1 amide bonds. The maximum absolute atomic E-state index is 12.2. The van der Waals surface area contributed by atoms with Gasteiger partial charge in [-0.2, -0.15) is 0 Å². The highest BCUT2D eigenvalue weighted by Crippen LogP contribution is 2.39. The number of fused-ring (bicyclic) bond motifs is 6. The molecule has 0 radical (unpaired) electrons. The van der Waals surface area contributed by atoms with Gasteiger partial charge in [0, 0.05) is 16.8 Å². The quantitative estimate of drug-likeness (QED) is 0.209. The van der Waals surface area contributed by atoms with Crippen LogP contribution in [-0.2, 0) is 6.42 Å². The lowest BCUT2D eigenvalue weighted by molar-refractivity contribution is 0.0926. The van der Waals surface area contributed by atoms with Crippen LogP contribution in [0.1, 0.15) is 47.0 Å². The molecule has 7 rings (SSSR count). The Kier molecular flexibility index (Phi) is 7.88. The van der Waals surface area contributed by atoms with Crippen LogP contribution >= 0.6 is 11.3 Å². The van der Waals surface area contributed by atoms with Gasteiger partial charge in [-0.1, -0.05) is 91.1 Å². The molecule has 214 valence electrons. The highest BCUT2D eigenvalue weighted by Gasteiger charge is 2.20. The lowest BCUT2D eigenvalue weighted by Crippen LogP contribution is -2.37. The van der Waals surface area contributed by atoms with Crippen molar-refractivity contribution in [3.8, 4) is 0 Å². The lowest BCUT2D eigenvalue weighted by atomic mass is 9.80. The van der Waals surface area contributed by atoms with Crippen LogP contribution in [0.2, 0.25) is 19.6 Å². The largest absolute Gasteiger partial charge is 0.394 e. The van der Waals surface area contributed by atoms with E-state index in [2.05, 4.69) is 97.8 Å². The Bertz CT molecular complexity index is 1880. The number of nitrogens with one attached hydrogen (secondary N) is 1. The van der Waals surface area contributed by atoms with Crippen LogP contribution in [0.15, 0.2) is 84.5 Å². The number of amides is 1. The zero-order valence-electron chi connectivity index (χ0n) is 24.8. The highest BCUT2D eigenvalue weighted by atomic mass is 32.1. The number of carbonyl (C=O) groups excluding carboxylic acids is 1. The fourth-order valence-electron chi connectivity index (χ4n) is 5.94. The fraction of sp³-hybridized carbons (Fsp3) is 0.278. The molecule has 1 atom stereocenters. The van der Waals surface area contributed by atoms with Gasteiger partial charge in [-0.3, -0.25) is 4.79 Å². The average molecular weight is 591 g/mol. The van der Waals surface area contributed by atoms with Gasteiger partial charge >= 0.3 is 0 Å². The summed E-state index contributed by atoms with van der Waals surface area (Å²) in [6.45, 7) is 8.69. The Morgan fingerprint density at radius 2 is 1.81 bits per heavy atom. The molecule has 2 heterocycles. The van der Waals surface area contributed by atoms with Crippen molar-refractivity contribution in [2.75, 3.05) is 6.61 Å². The number of thiophene rings is 1. The van der Waals surface area contributed by atoms with Crippen molar-refractivity contribution in [2.24, 2.45) is 0 Å². The van der Waals surface area contributed by atoms with E-state index in [9.17, 15) is 4.79 Å². The summed E-state index contributed by atoms with van der Waals surface area (Å²) in [4.78, 5) is 18.4. The smallest absolute Gasteiger partial charge is 0.261 e. The predicted molar refractivity (Wildman–Crippen MR) is 182 cm³/mol. The van der Waals surface area contributed by atoms with Crippen LogP contribution in [0.25, 0.3) is 37.5 Å². The number of aromatic nitrogens is 1. The molecule has 2 aliphatic rings. The molecule has 2 N–H and O–H groups in total. The van der Waals surface area contributed by atoms with E-state index < -0.39 is 8.07 Å². The van der Waals surface area contributed by atoms with E-state index in [1.807, 2.05) is 6.07 Å². The third-order valence-electron chi connectivity index (χ3n) is 8.33. The summed E-state index contributed by atoms with van der Waals surface area (Å²) in [5.74, 6) is -0.161. The Hall–Kier alpha value is -3.58. The number of aryl methyl sites for hydroxylation is 1. The van der Waals surface area contributed by atoms with Gasteiger partial charge in [-0.15, -0.1) is 11.3 Å². The molecule has 1 unspecified atom stereocenters. The van der Waals surface area contributed by atoms with E-state index in [4.69, 9.17) is 10.1 Å². The SMILES string of the molecule is C1=CC2=C(CC1)CCc1c2ccc2ccccc12.CC(CO)NC(=O)c1cc2cc3cc([Si](C)(C)C)ccc3nc2s1. The second-order valence-electron chi connectivity index (χ2n) is 12.5. The van der Waals surface area contributed by atoms with Crippen molar-refractivity contribution in [1.29, 1.82) is 0 Å². The lowest BCUT2D eigenvalue weighted by Gasteiger charge is -2.25. The second-order valence-corrected chi connectivity index (χ2v) is 18.6. The minimum Gasteiger partial charge on any atom is -0.394 e. The van der Waals surface area contributed by atoms with Gasteiger partial charge in [0.1, 0.15) is 4.83 Å². The van der Waals surface area contributed by atoms with Crippen LogP contribution in [0.3, 0.4) is 0 Å². The molecule has 0 saturated carbocycles. The number of nitrogens with zero attached hydrogens (tertiary/aromatic N) is 1. The Morgan fingerprint density at radius 3 is 2.62 bits per heavy atom. The average Bonchev–Trinajstić information content (AvgIpc) is 3.42. The molecule has 0 spiro atoms. The number of carbonyl (C=O) groups is 1. The van der Waals surface area contributed by atoms with Crippen molar-refractivity contribution in [2.45, 2.75) is 58.3 Å². The first-order chi connectivity index (χ1) is 20.2. The summed E-state index contributed by atoms with van der Waals surface area (Å²) in [5.41, 5.74) is 7.17. The summed E-state index contributed by atoms with van der Waals surface area (Å²) in [6, 6.07) is 23.6. The van der Waals surface area contributed by atoms with Gasteiger partial charge in [0.05, 0.1) is 25.1 Å². The van der Waals surface area contributed by atoms with Crippen LogP contribution in [0.5, 0.6) is 0 Å². The Labute approximate surface area is 252 Å². The summed E-state index contributed by atoms with van der Waals surface area (Å²) in [7, 11) is -1.37. The first-order valence-corrected chi connectivity index (χ1v) is 19.2. The number of aliphatic hydroxyl groups is 1. The molecule has 42 heavy (non-hydrogen) atoms. The van der Waals surface area contributed by atoms with Crippen LogP contribution in [0.4, 0.5) is 0 Å². The Morgan fingerprint density at radius 1 is 0.976 bits per heavy atom. The maximum atomic E-state index is 12.2. The van der Waals surface area contributed by atoms with Gasteiger partial charge in [0.15, 0.2) is 0 Å². The van der Waals surface area contributed by atoms with Gasteiger partial charge < -0.3 is 10.4 Å². The number of pyridine rings is 1. The molecule has 4 nitrogen and oxygen atoms in total. The molecule has 0 saturated heterocycles. The summed E-state index contributed by atoms with van der Waals surface area (Å²) in [6.07, 6.45) is 9.61. The highest BCUT2D eigenvalue weighted by molar-refractivity contribution is 7.20. The molecule has 2 aliphatic carbocycles. The zero-order valence-corrected chi connectivity index (χ0v) is 26.6. The third-order valence-corrected chi connectivity index (χ3v) is 11.4. The van der Waals surface area contributed by atoms with E-state index in [0.717, 1.165) is 21.1 Å². The van der Waals surface area contributed by atoms with E-state index >= 15 is 0 Å². The van der Waals surface area contributed by atoms with Crippen molar-refractivity contribution >= 4 is 68.0 Å². The third kappa shape index (κ3) is 5.71. The fourth-order valence-corrected chi connectivity index (χ4v) is 8.04. The van der Waals surface area contributed by atoms with Gasteiger partial charge in [0.25, 0.3) is 5.91 Å². The standard InChI is InChI=1S/C18H22N2O2SSi.C18H16/c1-11(10-21)19-17(22)16-9-13-7-12-8-14(24(2,3)4)5-6-15(12)20-18(13)23-16;1-3-7-15-13(5-1)9-11-18-16-8-4-2-6-14(16)10-12-17(15)18/h5-9,11,21H,10H2,1-4H3,(H,19,22);1,3-5,7-9,11H,2,6,10,12H2. The van der Waals surface area contributed by atoms with Crippen LogP contribution in [0, 0.1) is 0 Å². The topological polar surface area (TPSA) is 62.2 Å². The van der Waals surface area contributed by atoms with E-state index in [1.165, 1.54) is 64.1 Å². The molecule has 3 aromatic carbocycles. The minimum absolute atomic E-state index is 0.0712. The van der Waals surface area contributed by atoms with Gasteiger partial charge in [0.2, 0.25) is 0 Å². The summed E-state index contributed by atoms with van der Waals surface area (Å²) in [5, 5.41) is 18.2. The van der Waals surface area contributed by atoms with Gasteiger partial charge in [-0.05, 0) is 78.3 Å². The van der Waals surface area contributed by atoms with Crippen LogP contribution < -0.4 is 10.5 Å². The molecule has 2 aromatic heterocycles. The maximum Gasteiger partial charge on any atom is 0.261 e. The predicted octanol–water partition coefficient (Wildman–Crippen LogP) is 7.99. The number of allylic oxidation sites excluding steroid dienone is 4. The second kappa shape index (κ2) is 11.6. The number of hydrogen-bond acceptors (Lipinski definition) is 4. The van der Waals surface area contributed by atoms with Crippen molar-refractivity contribution in [3.63, 3.8) is 0 Å². The molecule has 0 aliphatic heterocycles. The number of hydrogen-bond donors (Lipinski definition) is 2. The van der Waals surface area contributed by atoms with Gasteiger partial charge in [-0.25, -0.2) is 4.98 Å².